The third kappa shape index (κ3) is 8.76. The van der Waals surface area contributed by atoms with E-state index in [1.54, 1.807) is 13.8 Å². The lowest BCUT2D eigenvalue weighted by molar-refractivity contribution is -0.125. The summed E-state index contributed by atoms with van der Waals surface area (Å²) in [7, 11) is 0. The highest BCUT2D eigenvalue weighted by Gasteiger charge is 2.23. The van der Waals surface area contributed by atoms with Crippen molar-refractivity contribution in [2.45, 2.75) is 57.3 Å². The number of carbonyl (C=O) groups is 2. The first-order chi connectivity index (χ1) is 11.2. The molecule has 0 bridgehead atoms. The molecule has 2 unspecified atom stereocenters. The molecule has 0 fully saturated rings. The van der Waals surface area contributed by atoms with Crippen LogP contribution in [-0.4, -0.2) is 51.4 Å². The molecule has 0 aliphatic rings. The fraction of sp³-hybridized carbons (Fsp3) is 0.556. The molecule has 0 aliphatic heterocycles. The summed E-state index contributed by atoms with van der Waals surface area (Å²) in [6, 6.07) is 8.61. The van der Waals surface area contributed by atoms with Crippen LogP contribution in [0.1, 0.15) is 38.7 Å². The number of nitrogens with one attached hydrogen (secondary N) is 1. The average Bonchev–Trinajstić information content (AvgIpc) is 2.45. The van der Waals surface area contributed by atoms with Crippen LogP contribution in [-0.2, 0) is 16.0 Å². The molecule has 0 spiro atoms. The smallest absolute Gasteiger partial charge is 0.222 e. The van der Waals surface area contributed by atoms with Gasteiger partial charge in [0, 0.05) is 12.8 Å². The van der Waals surface area contributed by atoms with Gasteiger partial charge in [0.25, 0.3) is 0 Å². The number of hydrogen-bond acceptors (Lipinski definition) is 5. The standard InChI is InChI=1S/C18H27NO5/c1-18(2,24)11-14(12-20)19-17(23)10-16(22)9-15(21)8-13-6-4-3-5-7-13/h3-7,14,16,20,22,24H,8-12H2,1-2H3,(H,19,23). The first-order valence-corrected chi connectivity index (χ1v) is 8.06. The number of aliphatic hydroxyl groups excluding tert-OH is 2. The molecule has 4 N–H and O–H groups in total. The Balaban J connectivity index is 2.39. The summed E-state index contributed by atoms with van der Waals surface area (Å²) in [5.41, 5.74) is -0.157. The fourth-order valence-corrected chi connectivity index (χ4v) is 2.50. The molecule has 1 amide bonds. The Morgan fingerprint density at radius 2 is 1.79 bits per heavy atom. The number of benzene rings is 1. The van der Waals surface area contributed by atoms with Crippen molar-refractivity contribution >= 4 is 11.7 Å². The zero-order valence-corrected chi connectivity index (χ0v) is 14.2. The molecule has 0 saturated heterocycles. The van der Waals surface area contributed by atoms with Gasteiger partial charge in [-0.3, -0.25) is 9.59 Å². The minimum Gasteiger partial charge on any atom is -0.394 e. The first kappa shape index (κ1) is 20.3. The molecule has 1 aromatic carbocycles. The van der Waals surface area contributed by atoms with Gasteiger partial charge in [0.2, 0.25) is 5.91 Å². The molecule has 1 rings (SSSR count). The highest BCUT2D eigenvalue weighted by Crippen LogP contribution is 2.11. The van der Waals surface area contributed by atoms with E-state index < -0.39 is 23.7 Å². The van der Waals surface area contributed by atoms with Crippen molar-refractivity contribution in [1.82, 2.24) is 5.32 Å². The molecular weight excluding hydrogens is 310 g/mol. The van der Waals surface area contributed by atoms with E-state index in [2.05, 4.69) is 5.32 Å². The Morgan fingerprint density at radius 3 is 2.33 bits per heavy atom. The number of rotatable bonds is 10. The summed E-state index contributed by atoms with van der Waals surface area (Å²) in [4.78, 5) is 23.8. The van der Waals surface area contributed by atoms with Crippen molar-refractivity contribution in [2.24, 2.45) is 0 Å². The largest absolute Gasteiger partial charge is 0.394 e. The van der Waals surface area contributed by atoms with E-state index in [0.29, 0.717) is 0 Å². The second kappa shape index (κ2) is 9.52. The van der Waals surface area contributed by atoms with Crippen molar-refractivity contribution in [3.05, 3.63) is 35.9 Å². The van der Waals surface area contributed by atoms with Crippen molar-refractivity contribution in [3.63, 3.8) is 0 Å². The molecule has 0 heterocycles. The lowest BCUT2D eigenvalue weighted by Gasteiger charge is -2.24. The Kier molecular flexibility index (Phi) is 8.04. The number of amides is 1. The minimum absolute atomic E-state index is 0.0996. The summed E-state index contributed by atoms with van der Waals surface area (Å²) in [5, 5.41) is 31.4. The molecule has 2 atom stereocenters. The van der Waals surface area contributed by atoms with Crippen LogP contribution in [0.5, 0.6) is 0 Å². The molecule has 0 saturated carbocycles. The van der Waals surface area contributed by atoms with Crippen LogP contribution < -0.4 is 5.32 Å². The topological polar surface area (TPSA) is 107 Å². The Bertz CT molecular complexity index is 524. The Hall–Kier alpha value is -1.76. The van der Waals surface area contributed by atoms with Gasteiger partial charge < -0.3 is 20.6 Å². The molecule has 0 radical (unpaired) electrons. The van der Waals surface area contributed by atoms with Gasteiger partial charge in [-0.15, -0.1) is 0 Å². The number of carbonyl (C=O) groups excluding carboxylic acids is 2. The summed E-state index contributed by atoms with van der Waals surface area (Å²) in [5.74, 6) is -0.602. The Morgan fingerprint density at radius 1 is 1.17 bits per heavy atom. The molecule has 134 valence electrons. The molecule has 0 aliphatic carbocycles. The van der Waals surface area contributed by atoms with E-state index >= 15 is 0 Å². The van der Waals surface area contributed by atoms with Gasteiger partial charge in [-0.25, -0.2) is 0 Å². The minimum atomic E-state index is -1.07. The highest BCUT2D eigenvalue weighted by molar-refractivity contribution is 5.83. The lowest BCUT2D eigenvalue weighted by Crippen LogP contribution is -2.43. The first-order valence-electron chi connectivity index (χ1n) is 8.06. The summed E-state index contributed by atoms with van der Waals surface area (Å²) in [6.45, 7) is 2.86. The van der Waals surface area contributed by atoms with Crippen LogP contribution >= 0.6 is 0 Å². The third-order valence-electron chi connectivity index (χ3n) is 3.46. The summed E-state index contributed by atoms with van der Waals surface area (Å²) >= 11 is 0. The third-order valence-corrected chi connectivity index (χ3v) is 3.46. The average molecular weight is 337 g/mol. The number of hydrogen-bond donors (Lipinski definition) is 4. The second-order valence-electron chi connectivity index (χ2n) is 6.73. The van der Waals surface area contributed by atoms with E-state index in [4.69, 9.17) is 0 Å². The zero-order chi connectivity index (χ0) is 18.2. The Labute approximate surface area is 142 Å². The van der Waals surface area contributed by atoms with Crippen molar-refractivity contribution in [1.29, 1.82) is 0 Å². The number of aliphatic hydroxyl groups is 3. The van der Waals surface area contributed by atoms with Gasteiger partial charge in [-0.1, -0.05) is 30.3 Å². The predicted molar refractivity (Wildman–Crippen MR) is 90.3 cm³/mol. The summed E-state index contributed by atoms with van der Waals surface area (Å²) in [6.07, 6.45) is -0.973. The van der Waals surface area contributed by atoms with Gasteiger partial charge in [0.1, 0.15) is 5.78 Å². The van der Waals surface area contributed by atoms with Gasteiger partial charge in [-0.05, 0) is 25.8 Å². The van der Waals surface area contributed by atoms with Crippen LogP contribution in [0.15, 0.2) is 30.3 Å². The maximum absolute atomic E-state index is 11.9. The van der Waals surface area contributed by atoms with Crippen LogP contribution in [0.3, 0.4) is 0 Å². The second-order valence-corrected chi connectivity index (χ2v) is 6.73. The SMILES string of the molecule is CC(C)(O)CC(CO)NC(=O)CC(O)CC(=O)Cc1ccccc1. The van der Waals surface area contributed by atoms with Gasteiger partial charge in [-0.2, -0.15) is 0 Å². The van der Waals surface area contributed by atoms with E-state index in [-0.39, 0.29) is 38.1 Å². The van der Waals surface area contributed by atoms with Crippen molar-refractivity contribution in [3.8, 4) is 0 Å². The number of ketones is 1. The lowest BCUT2D eigenvalue weighted by atomic mass is 9.99. The number of Topliss-reactive ketones (excluding diaryl/α,β-unsaturated/α-hetero) is 1. The molecule has 1 aromatic rings. The maximum atomic E-state index is 11.9. The van der Waals surface area contributed by atoms with Crippen LogP contribution in [0, 0.1) is 0 Å². The maximum Gasteiger partial charge on any atom is 0.222 e. The van der Waals surface area contributed by atoms with Gasteiger partial charge in [0.15, 0.2) is 0 Å². The monoisotopic (exact) mass is 337 g/mol. The highest BCUT2D eigenvalue weighted by atomic mass is 16.3. The quantitative estimate of drug-likeness (QED) is 0.500. The molecule has 6 nitrogen and oxygen atoms in total. The molecular formula is C18H27NO5. The zero-order valence-electron chi connectivity index (χ0n) is 14.2. The molecule has 24 heavy (non-hydrogen) atoms. The van der Waals surface area contributed by atoms with Crippen molar-refractivity contribution in [2.75, 3.05) is 6.61 Å². The van der Waals surface area contributed by atoms with Crippen LogP contribution in [0.25, 0.3) is 0 Å². The van der Waals surface area contributed by atoms with Crippen LogP contribution in [0.2, 0.25) is 0 Å². The van der Waals surface area contributed by atoms with Crippen molar-refractivity contribution < 1.29 is 24.9 Å². The van der Waals surface area contributed by atoms with Crippen LogP contribution in [0.4, 0.5) is 0 Å². The molecule has 0 aromatic heterocycles. The summed E-state index contributed by atoms with van der Waals surface area (Å²) < 4.78 is 0. The van der Waals surface area contributed by atoms with Gasteiger partial charge in [0.05, 0.1) is 30.8 Å². The van der Waals surface area contributed by atoms with Gasteiger partial charge >= 0.3 is 0 Å². The van der Waals surface area contributed by atoms with E-state index in [0.717, 1.165) is 5.56 Å². The normalized spacial score (nSPS) is 14.0. The van der Waals surface area contributed by atoms with E-state index in [9.17, 15) is 24.9 Å². The fourth-order valence-electron chi connectivity index (χ4n) is 2.50. The van der Waals surface area contributed by atoms with E-state index in [1.807, 2.05) is 30.3 Å². The molecule has 6 heteroatoms. The van der Waals surface area contributed by atoms with E-state index in [1.165, 1.54) is 0 Å². The predicted octanol–water partition coefficient (Wildman–Crippen LogP) is 0.577.